The predicted octanol–water partition coefficient (Wildman–Crippen LogP) is 14.7. The summed E-state index contributed by atoms with van der Waals surface area (Å²) in [4.78, 5) is 15.9. The highest BCUT2D eigenvalue weighted by Gasteiger charge is 2.22. The third-order valence-corrected chi connectivity index (χ3v) is 11.7. The number of rotatable bonds is 5. The van der Waals surface area contributed by atoms with Crippen LogP contribution < -0.4 is 0 Å². The SMILES string of the molecule is c1ccc(-c2cccc(-c3nc(-c4ccc5c(ccc6c7ccccc7ccc56)c4)nc(-c4ccc(-c5ccccc5)c5oc6cc7ccccc7cc6c45)n3)c2)cc1. The third kappa shape index (κ3) is 5.57. The molecule has 12 aromatic rings. The molecule has 0 unspecified atom stereocenters. The summed E-state index contributed by atoms with van der Waals surface area (Å²) in [5.74, 6) is 1.79. The number of hydrogen-bond acceptors (Lipinski definition) is 4. The van der Waals surface area contributed by atoms with Gasteiger partial charge >= 0.3 is 0 Å². The first-order valence-corrected chi connectivity index (χ1v) is 19.9. The zero-order chi connectivity index (χ0) is 38.9. The lowest BCUT2D eigenvalue weighted by atomic mass is 9.96. The fourth-order valence-electron chi connectivity index (χ4n) is 8.79. The lowest BCUT2D eigenvalue weighted by Gasteiger charge is -2.12. The molecule has 0 aliphatic rings. The number of hydrogen-bond donors (Lipinski definition) is 0. The van der Waals surface area contributed by atoms with Gasteiger partial charge in [0.2, 0.25) is 0 Å². The summed E-state index contributed by atoms with van der Waals surface area (Å²) in [7, 11) is 0. The Bertz CT molecular complexity index is 3610. The van der Waals surface area contributed by atoms with Crippen molar-refractivity contribution in [3.05, 3.63) is 200 Å². The van der Waals surface area contributed by atoms with Gasteiger partial charge < -0.3 is 4.42 Å². The second kappa shape index (κ2) is 13.3. The highest BCUT2D eigenvalue weighted by molar-refractivity contribution is 6.19. The maximum atomic E-state index is 6.84. The van der Waals surface area contributed by atoms with Crippen molar-refractivity contribution in [1.29, 1.82) is 0 Å². The van der Waals surface area contributed by atoms with Crippen molar-refractivity contribution < 1.29 is 4.42 Å². The molecule has 0 N–H and O–H groups in total. The van der Waals surface area contributed by atoms with E-state index in [-0.39, 0.29) is 0 Å². The molecule has 0 saturated carbocycles. The van der Waals surface area contributed by atoms with Gasteiger partial charge in [0.25, 0.3) is 0 Å². The molecule has 10 aromatic carbocycles. The molecule has 4 nitrogen and oxygen atoms in total. The van der Waals surface area contributed by atoms with Gasteiger partial charge in [0.15, 0.2) is 17.5 Å². The smallest absolute Gasteiger partial charge is 0.164 e. The van der Waals surface area contributed by atoms with Crippen LogP contribution >= 0.6 is 0 Å². The largest absolute Gasteiger partial charge is 0.455 e. The van der Waals surface area contributed by atoms with Crippen molar-refractivity contribution in [2.75, 3.05) is 0 Å². The Morgan fingerprint density at radius 3 is 1.63 bits per heavy atom. The third-order valence-electron chi connectivity index (χ3n) is 11.7. The summed E-state index contributed by atoms with van der Waals surface area (Å²) in [5.41, 5.74) is 8.67. The van der Waals surface area contributed by atoms with Crippen LogP contribution in [0.5, 0.6) is 0 Å². The maximum Gasteiger partial charge on any atom is 0.164 e. The van der Waals surface area contributed by atoms with Crippen molar-refractivity contribution in [2.45, 2.75) is 0 Å². The Morgan fingerprint density at radius 1 is 0.288 bits per heavy atom. The van der Waals surface area contributed by atoms with Crippen LogP contribution in [0.1, 0.15) is 0 Å². The van der Waals surface area contributed by atoms with Gasteiger partial charge in [-0.05, 0) is 96.2 Å². The van der Waals surface area contributed by atoms with Crippen LogP contribution in [0.25, 0.3) is 121 Å². The van der Waals surface area contributed by atoms with Crippen LogP contribution in [-0.2, 0) is 0 Å². The van der Waals surface area contributed by atoms with E-state index in [2.05, 4.69) is 188 Å². The molecular weight excluding hydrogens is 719 g/mol. The average molecular weight is 752 g/mol. The first-order chi connectivity index (χ1) is 29.2. The minimum Gasteiger partial charge on any atom is -0.455 e. The summed E-state index contributed by atoms with van der Waals surface area (Å²) < 4.78 is 6.84. The molecule has 274 valence electrons. The first-order valence-electron chi connectivity index (χ1n) is 19.9. The van der Waals surface area contributed by atoms with E-state index in [4.69, 9.17) is 19.4 Å². The van der Waals surface area contributed by atoms with Gasteiger partial charge in [0.05, 0.1) is 0 Å². The number of nitrogens with zero attached hydrogens (tertiary/aromatic N) is 3. The summed E-state index contributed by atoms with van der Waals surface area (Å²) in [5, 5.41) is 11.5. The monoisotopic (exact) mass is 751 g/mol. The first kappa shape index (κ1) is 33.2. The fourth-order valence-corrected chi connectivity index (χ4v) is 8.79. The molecule has 2 aromatic heterocycles. The zero-order valence-electron chi connectivity index (χ0n) is 31.8. The topological polar surface area (TPSA) is 51.8 Å². The average Bonchev–Trinajstić information content (AvgIpc) is 3.68. The quantitative estimate of drug-likeness (QED) is 0.164. The van der Waals surface area contributed by atoms with E-state index in [1.807, 2.05) is 12.1 Å². The van der Waals surface area contributed by atoms with E-state index in [1.54, 1.807) is 0 Å². The Hall–Kier alpha value is -7.95. The standard InChI is InChI=1S/C55H33N3O/c1-3-12-34(13-4-1)37-19-11-20-41(30-37)53-56-54(42-24-25-44-40(31-42)23-27-46-43-21-10-9-16-36(43)22-26-47(44)46)58-55(57-53)48-29-28-45(35-14-5-2-6-15-35)52-51(48)49-32-38-17-7-8-18-39(38)33-50(49)59-52/h1-33H. The van der Waals surface area contributed by atoms with E-state index in [0.29, 0.717) is 17.5 Å². The number of furan rings is 1. The van der Waals surface area contributed by atoms with E-state index in [0.717, 1.165) is 77.0 Å². The molecule has 12 rings (SSSR count). The van der Waals surface area contributed by atoms with Crippen LogP contribution in [0.4, 0.5) is 0 Å². The van der Waals surface area contributed by atoms with Crippen LogP contribution in [-0.4, -0.2) is 15.0 Å². The van der Waals surface area contributed by atoms with E-state index in [9.17, 15) is 0 Å². The molecule has 0 saturated heterocycles. The van der Waals surface area contributed by atoms with E-state index in [1.165, 1.54) is 26.9 Å². The minimum atomic E-state index is 0.584. The lowest BCUT2D eigenvalue weighted by molar-refractivity contribution is 0.670. The van der Waals surface area contributed by atoms with Crippen LogP contribution in [0.2, 0.25) is 0 Å². The predicted molar refractivity (Wildman–Crippen MR) is 244 cm³/mol. The maximum absolute atomic E-state index is 6.84. The number of benzene rings is 10. The molecule has 2 heterocycles. The van der Waals surface area contributed by atoms with Gasteiger partial charge in [0, 0.05) is 33.0 Å². The molecule has 0 amide bonds. The molecule has 59 heavy (non-hydrogen) atoms. The number of fused-ring (bicyclic) bond motifs is 9. The van der Waals surface area contributed by atoms with Gasteiger partial charge in [0.1, 0.15) is 11.2 Å². The van der Waals surface area contributed by atoms with Crippen LogP contribution in [0.15, 0.2) is 205 Å². The highest BCUT2D eigenvalue weighted by atomic mass is 16.3. The Morgan fingerprint density at radius 2 is 0.847 bits per heavy atom. The number of aromatic nitrogens is 3. The van der Waals surface area contributed by atoms with Crippen molar-refractivity contribution >= 4 is 65.0 Å². The van der Waals surface area contributed by atoms with Gasteiger partial charge in [-0.1, -0.05) is 164 Å². The van der Waals surface area contributed by atoms with Crippen LogP contribution in [0.3, 0.4) is 0 Å². The highest BCUT2D eigenvalue weighted by Crippen LogP contribution is 2.43. The minimum absolute atomic E-state index is 0.584. The normalized spacial score (nSPS) is 11.7. The zero-order valence-corrected chi connectivity index (χ0v) is 31.8. The molecular formula is C55H33N3O. The second-order valence-electron chi connectivity index (χ2n) is 15.2. The molecule has 0 aliphatic heterocycles. The summed E-state index contributed by atoms with van der Waals surface area (Å²) >= 11 is 0. The van der Waals surface area contributed by atoms with Crippen molar-refractivity contribution in [3.8, 4) is 56.4 Å². The summed E-state index contributed by atoms with van der Waals surface area (Å²) in [6.07, 6.45) is 0. The molecule has 0 spiro atoms. The van der Waals surface area contributed by atoms with Gasteiger partial charge in [-0.25, -0.2) is 15.0 Å². The Kier molecular flexibility index (Phi) is 7.50. The molecule has 0 atom stereocenters. The van der Waals surface area contributed by atoms with E-state index >= 15 is 0 Å². The Balaban J connectivity index is 1.11. The van der Waals surface area contributed by atoms with Crippen molar-refractivity contribution in [2.24, 2.45) is 0 Å². The van der Waals surface area contributed by atoms with Crippen molar-refractivity contribution in [3.63, 3.8) is 0 Å². The summed E-state index contributed by atoms with van der Waals surface area (Å²) in [6.45, 7) is 0. The Labute approximate surface area is 339 Å². The van der Waals surface area contributed by atoms with Crippen LogP contribution in [0, 0.1) is 0 Å². The lowest BCUT2D eigenvalue weighted by Crippen LogP contribution is -2.01. The molecule has 0 bridgehead atoms. The summed E-state index contributed by atoms with van der Waals surface area (Å²) in [6, 6.07) is 70.4. The van der Waals surface area contributed by atoms with Gasteiger partial charge in [-0.3, -0.25) is 0 Å². The van der Waals surface area contributed by atoms with E-state index < -0.39 is 0 Å². The molecule has 0 fully saturated rings. The van der Waals surface area contributed by atoms with Gasteiger partial charge in [-0.2, -0.15) is 0 Å². The fraction of sp³-hybridized carbons (Fsp3) is 0. The second-order valence-corrected chi connectivity index (χ2v) is 15.2. The van der Waals surface area contributed by atoms with Gasteiger partial charge in [-0.15, -0.1) is 0 Å². The molecule has 0 aliphatic carbocycles. The molecule has 0 radical (unpaired) electrons. The molecule has 4 heteroatoms. The van der Waals surface area contributed by atoms with Crippen molar-refractivity contribution in [1.82, 2.24) is 15.0 Å².